The molecular formula is C13H17N. The minimum absolute atomic E-state index is 0.550. The van der Waals surface area contributed by atoms with Crippen molar-refractivity contribution >= 4 is 11.9 Å². The van der Waals surface area contributed by atoms with Crippen molar-refractivity contribution in [1.82, 2.24) is 0 Å². The van der Waals surface area contributed by atoms with Crippen LogP contribution in [0, 0.1) is 6.92 Å². The van der Waals surface area contributed by atoms with Gasteiger partial charge in [0, 0.05) is 6.21 Å². The summed E-state index contributed by atoms with van der Waals surface area (Å²) in [6.07, 6.45) is 3.42. The predicted molar refractivity (Wildman–Crippen MR) is 63.6 cm³/mol. The van der Waals surface area contributed by atoms with Gasteiger partial charge in [-0.05, 0) is 30.0 Å². The van der Waals surface area contributed by atoms with Gasteiger partial charge in [0.25, 0.3) is 0 Å². The standard InChI is InChI=1S/C13H17N/c1-5-9-14-13-8-6-7-12(10(2)3)11(13)4/h5-10H,1H2,2-4H3/b14-9-. The van der Waals surface area contributed by atoms with E-state index in [0.717, 1.165) is 5.69 Å². The molecule has 0 radical (unpaired) electrons. The molecular weight excluding hydrogens is 170 g/mol. The van der Waals surface area contributed by atoms with E-state index < -0.39 is 0 Å². The first-order chi connectivity index (χ1) is 6.66. The molecule has 14 heavy (non-hydrogen) atoms. The Kier molecular flexibility index (Phi) is 3.63. The van der Waals surface area contributed by atoms with Gasteiger partial charge in [-0.25, -0.2) is 0 Å². The second kappa shape index (κ2) is 4.75. The van der Waals surface area contributed by atoms with E-state index in [-0.39, 0.29) is 0 Å². The molecule has 0 amide bonds. The Balaban J connectivity index is 3.13. The van der Waals surface area contributed by atoms with Gasteiger partial charge < -0.3 is 0 Å². The van der Waals surface area contributed by atoms with Gasteiger partial charge in [-0.15, -0.1) is 0 Å². The Hall–Kier alpha value is -1.37. The van der Waals surface area contributed by atoms with Crippen LogP contribution in [0.5, 0.6) is 0 Å². The maximum Gasteiger partial charge on any atom is 0.0661 e. The molecule has 0 saturated heterocycles. The molecule has 0 aliphatic rings. The highest BCUT2D eigenvalue weighted by Gasteiger charge is 2.05. The lowest BCUT2D eigenvalue weighted by molar-refractivity contribution is 0.857. The zero-order valence-electron chi connectivity index (χ0n) is 9.12. The lowest BCUT2D eigenvalue weighted by Gasteiger charge is -2.10. The van der Waals surface area contributed by atoms with Gasteiger partial charge in [-0.3, -0.25) is 4.99 Å². The summed E-state index contributed by atoms with van der Waals surface area (Å²) in [5.74, 6) is 0.550. The van der Waals surface area contributed by atoms with Crippen molar-refractivity contribution in [2.45, 2.75) is 26.7 Å². The zero-order valence-corrected chi connectivity index (χ0v) is 9.12. The quantitative estimate of drug-likeness (QED) is 0.634. The number of benzene rings is 1. The maximum absolute atomic E-state index is 4.32. The molecule has 0 aromatic heterocycles. The Bertz CT molecular complexity index is 348. The summed E-state index contributed by atoms with van der Waals surface area (Å²) in [5, 5.41) is 0. The molecule has 0 unspecified atom stereocenters. The molecule has 0 heterocycles. The first-order valence-electron chi connectivity index (χ1n) is 4.91. The number of allylic oxidation sites excluding steroid dienone is 1. The van der Waals surface area contributed by atoms with Crippen molar-refractivity contribution in [3.05, 3.63) is 42.0 Å². The highest BCUT2D eigenvalue weighted by Crippen LogP contribution is 2.26. The normalized spacial score (nSPS) is 11.1. The van der Waals surface area contributed by atoms with Crippen LogP contribution in [0.4, 0.5) is 5.69 Å². The zero-order chi connectivity index (χ0) is 10.6. The lowest BCUT2D eigenvalue weighted by Crippen LogP contribution is -1.91. The lowest BCUT2D eigenvalue weighted by atomic mass is 9.97. The molecule has 1 aromatic rings. The van der Waals surface area contributed by atoms with Crippen LogP contribution in [-0.4, -0.2) is 6.21 Å². The van der Waals surface area contributed by atoms with E-state index in [1.807, 2.05) is 6.07 Å². The number of aliphatic imine (C=N–C) groups is 1. The molecule has 74 valence electrons. The first-order valence-corrected chi connectivity index (χ1v) is 4.91. The van der Waals surface area contributed by atoms with Crippen LogP contribution in [-0.2, 0) is 0 Å². The van der Waals surface area contributed by atoms with Crippen LogP contribution in [0.2, 0.25) is 0 Å². The Morgan fingerprint density at radius 3 is 2.64 bits per heavy atom. The molecule has 0 spiro atoms. The fourth-order valence-electron chi connectivity index (χ4n) is 1.54. The molecule has 0 aliphatic heterocycles. The van der Waals surface area contributed by atoms with Crippen molar-refractivity contribution < 1.29 is 0 Å². The van der Waals surface area contributed by atoms with Gasteiger partial charge in [0.05, 0.1) is 5.69 Å². The van der Waals surface area contributed by atoms with Crippen molar-refractivity contribution in [3.63, 3.8) is 0 Å². The van der Waals surface area contributed by atoms with Gasteiger partial charge in [0.2, 0.25) is 0 Å². The van der Waals surface area contributed by atoms with E-state index in [1.54, 1.807) is 12.3 Å². The van der Waals surface area contributed by atoms with Crippen LogP contribution < -0.4 is 0 Å². The van der Waals surface area contributed by atoms with Gasteiger partial charge in [0.15, 0.2) is 0 Å². The molecule has 0 N–H and O–H groups in total. The first kappa shape index (κ1) is 10.7. The third-order valence-corrected chi connectivity index (χ3v) is 2.29. The summed E-state index contributed by atoms with van der Waals surface area (Å²) in [6, 6.07) is 6.24. The average Bonchev–Trinajstić information content (AvgIpc) is 2.16. The number of hydrogen-bond donors (Lipinski definition) is 0. The van der Waals surface area contributed by atoms with Crippen molar-refractivity contribution in [3.8, 4) is 0 Å². The molecule has 0 atom stereocenters. The Morgan fingerprint density at radius 2 is 2.07 bits per heavy atom. The highest BCUT2D eigenvalue weighted by molar-refractivity contribution is 5.74. The SMILES string of the molecule is C=C/C=N\c1cccc(C(C)C)c1C. The minimum atomic E-state index is 0.550. The third-order valence-electron chi connectivity index (χ3n) is 2.29. The fourth-order valence-corrected chi connectivity index (χ4v) is 1.54. The molecule has 0 saturated carbocycles. The molecule has 1 heteroatoms. The molecule has 1 aromatic carbocycles. The topological polar surface area (TPSA) is 12.4 Å². The van der Waals surface area contributed by atoms with Crippen LogP contribution in [0.1, 0.15) is 30.9 Å². The van der Waals surface area contributed by atoms with Crippen LogP contribution in [0.25, 0.3) is 0 Å². The second-order valence-electron chi connectivity index (χ2n) is 3.66. The largest absolute Gasteiger partial charge is 0.257 e. The van der Waals surface area contributed by atoms with Crippen molar-refractivity contribution in [2.75, 3.05) is 0 Å². The van der Waals surface area contributed by atoms with E-state index in [1.165, 1.54) is 11.1 Å². The Morgan fingerprint density at radius 1 is 1.36 bits per heavy atom. The third kappa shape index (κ3) is 2.32. The van der Waals surface area contributed by atoms with Gasteiger partial charge in [-0.2, -0.15) is 0 Å². The van der Waals surface area contributed by atoms with E-state index in [4.69, 9.17) is 0 Å². The van der Waals surface area contributed by atoms with Crippen molar-refractivity contribution in [2.24, 2.45) is 4.99 Å². The molecule has 0 fully saturated rings. The summed E-state index contributed by atoms with van der Waals surface area (Å²) in [7, 11) is 0. The van der Waals surface area contributed by atoms with Crippen LogP contribution >= 0.6 is 0 Å². The van der Waals surface area contributed by atoms with Gasteiger partial charge in [0.1, 0.15) is 0 Å². The Labute approximate surface area is 86.2 Å². The van der Waals surface area contributed by atoms with E-state index in [2.05, 4.69) is 44.5 Å². The minimum Gasteiger partial charge on any atom is -0.257 e. The smallest absolute Gasteiger partial charge is 0.0661 e. The molecule has 0 bridgehead atoms. The number of nitrogens with zero attached hydrogens (tertiary/aromatic N) is 1. The number of rotatable bonds is 3. The summed E-state index contributed by atoms with van der Waals surface area (Å²) in [5.41, 5.74) is 3.67. The predicted octanol–water partition coefficient (Wildman–Crippen LogP) is 4.01. The molecule has 0 aliphatic carbocycles. The van der Waals surface area contributed by atoms with Crippen LogP contribution in [0.15, 0.2) is 35.8 Å². The van der Waals surface area contributed by atoms with Crippen molar-refractivity contribution in [1.29, 1.82) is 0 Å². The summed E-state index contributed by atoms with van der Waals surface area (Å²) in [4.78, 5) is 4.32. The van der Waals surface area contributed by atoms with E-state index in [9.17, 15) is 0 Å². The fraction of sp³-hybridized carbons (Fsp3) is 0.308. The summed E-state index contributed by atoms with van der Waals surface area (Å²) in [6.45, 7) is 10.1. The highest BCUT2D eigenvalue weighted by atomic mass is 14.7. The molecule has 1 nitrogen and oxygen atoms in total. The van der Waals surface area contributed by atoms with Gasteiger partial charge >= 0.3 is 0 Å². The summed E-state index contributed by atoms with van der Waals surface area (Å²) < 4.78 is 0. The van der Waals surface area contributed by atoms with Gasteiger partial charge in [-0.1, -0.05) is 38.6 Å². The summed E-state index contributed by atoms with van der Waals surface area (Å²) >= 11 is 0. The number of hydrogen-bond acceptors (Lipinski definition) is 1. The molecule has 1 rings (SSSR count). The monoisotopic (exact) mass is 187 g/mol. The second-order valence-corrected chi connectivity index (χ2v) is 3.66. The van der Waals surface area contributed by atoms with E-state index in [0.29, 0.717) is 5.92 Å². The average molecular weight is 187 g/mol. The maximum atomic E-state index is 4.32. The van der Waals surface area contributed by atoms with E-state index >= 15 is 0 Å². The van der Waals surface area contributed by atoms with Crippen LogP contribution in [0.3, 0.4) is 0 Å².